The summed E-state index contributed by atoms with van der Waals surface area (Å²) >= 11 is 0. The SMILES string of the molecule is CC(=O)N1CCC(C(=O)N2CCCN(CCO)CC2)CC1. The molecule has 0 aromatic carbocycles. The molecular formula is C15H27N3O3. The summed E-state index contributed by atoms with van der Waals surface area (Å²) in [6.07, 6.45) is 2.54. The van der Waals surface area contributed by atoms with Crippen LogP contribution in [0.25, 0.3) is 0 Å². The van der Waals surface area contributed by atoms with Gasteiger partial charge in [-0.25, -0.2) is 0 Å². The van der Waals surface area contributed by atoms with Gasteiger partial charge in [-0.05, 0) is 25.8 Å². The smallest absolute Gasteiger partial charge is 0.225 e. The summed E-state index contributed by atoms with van der Waals surface area (Å²) in [5.74, 6) is 0.435. The Labute approximate surface area is 126 Å². The summed E-state index contributed by atoms with van der Waals surface area (Å²) in [5, 5.41) is 9.00. The van der Waals surface area contributed by atoms with Gasteiger partial charge in [-0.1, -0.05) is 0 Å². The highest BCUT2D eigenvalue weighted by molar-refractivity contribution is 5.79. The first kappa shape index (κ1) is 16.2. The van der Waals surface area contributed by atoms with Crippen LogP contribution >= 0.6 is 0 Å². The van der Waals surface area contributed by atoms with E-state index < -0.39 is 0 Å². The molecule has 0 aromatic rings. The molecule has 2 heterocycles. The first-order valence-electron chi connectivity index (χ1n) is 7.99. The van der Waals surface area contributed by atoms with Crippen molar-refractivity contribution < 1.29 is 14.7 Å². The predicted octanol–water partition coefficient (Wildman–Crippen LogP) is -0.228. The van der Waals surface area contributed by atoms with Crippen molar-refractivity contribution in [3.05, 3.63) is 0 Å². The van der Waals surface area contributed by atoms with Gasteiger partial charge in [0.2, 0.25) is 11.8 Å². The number of piperidine rings is 1. The maximum atomic E-state index is 12.6. The first-order valence-corrected chi connectivity index (χ1v) is 7.99. The highest BCUT2D eigenvalue weighted by Crippen LogP contribution is 2.20. The highest BCUT2D eigenvalue weighted by atomic mass is 16.3. The van der Waals surface area contributed by atoms with Gasteiger partial charge in [0.1, 0.15) is 0 Å². The van der Waals surface area contributed by atoms with E-state index in [-0.39, 0.29) is 24.3 Å². The Morgan fingerprint density at radius 2 is 1.71 bits per heavy atom. The number of carbonyl (C=O) groups is 2. The van der Waals surface area contributed by atoms with E-state index >= 15 is 0 Å². The molecule has 2 aliphatic rings. The predicted molar refractivity (Wildman–Crippen MR) is 79.7 cm³/mol. The lowest BCUT2D eigenvalue weighted by atomic mass is 9.95. The minimum absolute atomic E-state index is 0.0741. The zero-order valence-electron chi connectivity index (χ0n) is 13.0. The van der Waals surface area contributed by atoms with E-state index in [2.05, 4.69) is 4.90 Å². The molecule has 2 amide bonds. The number of nitrogens with zero attached hydrogens (tertiary/aromatic N) is 3. The van der Waals surface area contributed by atoms with Crippen LogP contribution in [-0.4, -0.2) is 84.0 Å². The van der Waals surface area contributed by atoms with Crippen LogP contribution in [0.3, 0.4) is 0 Å². The third-order valence-electron chi connectivity index (χ3n) is 4.61. The molecule has 21 heavy (non-hydrogen) atoms. The van der Waals surface area contributed by atoms with Gasteiger partial charge in [-0.2, -0.15) is 0 Å². The van der Waals surface area contributed by atoms with Crippen molar-refractivity contribution in [2.75, 3.05) is 52.4 Å². The average Bonchev–Trinajstić information content (AvgIpc) is 2.73. The Bertz CT molecular complexity index is 367. The quantitative estimate of drug-likeness (QED) is 0.782. The van der Waals surface area contributed by atoms with Crippen LogP contribution in [0.4, 0.5) is 0 Å². The number of hydrogen-bond acceptors (Lipinski definition) is 4. The lowest BCUT2D eigenvalue weighted by molar-refractivity contribution is -0.140. The van der Waals surface area contributed by atoms with Crippen molar-refractivity contribution in [3.8, 4) is 0 Å². The van der Waals surface area contributed by atoms with E-state index in [1.54, 1.807) is 6.92 Å². The van der Waals surface area contributed by atoms with Gasteiger partial charge in [0, 0.05) is 52.1 Å². The summed E-state index contributed by atoms with van der Waals surface area (Å²) < 4.78 is 0. The van der Waals surface area contributed by atoms with Gasteiger partial charge in [0.15, 0.2) is 0 Å². The lowest BCUT2D eigenvalue weighted by Crippen LogP contribution is -2.44. The molecule has 0 bridgehead atoms. The van der Waals surface area contributed by atoms with Crippen LogP contribution in [0.15, 0.2) is 0 Å². The molecule has 2 saturated heterocycles. The number of β-amino-alcohol motifs (C(OH)–C–C–N with tert-alkyl or cyclic N) is 1. The molecule has 0 radical (unpaired) electrons. The minimum Gasteiger partial charge on any atom is -0.395 e. The molecular weight excluding hydrogens is 270 g/mol. The van der Waals surface area contributed by atoms with Crippen molar-refractivity contribution in [1.82, 2.24) is 14.7 Å². The first-order chi connectivity index (χ1) is 10.1. The van der Waals surface area contributed by atoms with Gasteiger partial charge in [-0.15, -0.1) is 0 Å². The molecule has 0 unspecified atom stereocenters. The number of carbonyl (C=O) groups excluding carboxylic acids is 2. The molecule has 0 spiro atoms. The summed E-state index contributed by atoms with van der Waals surface area (Å²) in [6, 6.07) is 0. The second kappa shape index (κ2) is 7.75. The summed E-state index contributed by atoms with van der Waals surface area (Å²) in [4.78, 5) is 29.9. The third-order valence-corrected chi connectivity index (χ3v) is 4.61. The summed E-state index contributed by atoms with van der Waals surface area (Å²) in [5.41, 5.74) is 0. The van der Waals surface area contributed by atoms with Gasteiger partial charge in [-0.3, -0.25) is 14.5 Å². The maximum Gasteiger partial charge on any atom is 0.225 e. The number of aliphatic hydroxyl groups excluding tert-OH is 1. The number of likely N-dealkylation sites (tertiary alicyclic amines) is 1. The van der Waals surface area contributed by atoms with Crippen molar-refractivity contribution in [2.45, 2.75) is 26.2 Å². The zero-order chi connectivity index (χ0) is 15.2. The molecule has 2 aliphatic heterocycles. The van der Waals surface area contributed by atoms with E-state index in [0.29, 0.717) is 19.6 Å². The van der Waals surface area contributed by atoms with Crippen LogP contribution in [0.5, 0.6) is 0 Å². The number of amides is 2. The highest BCUT2D eigenvalue weighted by Gasteiger charge is 2.30. The number of hydrogen-bond donors (Lipinski definition) is 1. The monoisotopic (exact) mass is 297 g/mol. The van der Waals surface area contributed by atoms with E-state index in [1.165, 1.54) is 0 Å². The maximum absolute atomic E-state index is 12.6. The topological polar surface area (TPSA) is 64.1 Å². The Morgan fingerprint density at radius 1 is 1.00 bits per heavy atom. The van der Waals surface area contributed by atoms with Gasteiger partial charge in [0.05, 0.1) is 6.61 Å². The normalized spacial score (nSPS) is 22.2. The molecule has 2 rings (SSSR count). The molecule has 6 nitrogen and oxygen atoms in total. The van der Waals surface area contributed by atoms with Crippen LogP contribution in [0.1, 0.15) is 26.2 Å². The fraction of sp³-hybridized carbons (Fsp3) is 0.867. The molecule has 6 heteroatoms. The van der Waals surface area contributed by atoms with Gasteiger partial charge >= 0.3 is 0 Å². The van der Waals surface area contributed by atoms with Crippen LogP contribution in [-0.2, 0) is 9.59 Å². The van der Waals surface area contributed by atoms with E-state index in [4.69, 9.17) is 5.11 Å². The van der Waals surface area contributed by atoms with Crippen LogP contribution in [0, 0.1) is 5.92 Å². The Hall–Kier alpha value is -1.14. The standard InChI is InChI=1S/C15H27N3O3/c1-13(20)17-7-3-14(4-8-17)15(21)18-6-2-5-16(9-10-18)11-12-19/h14,19H,2-12H2,1H3. The van der Waals surface area contributed by atoms with E-state index in [1.807, 2.05) is 9.80 Å². The average molecular weight is 297 g/mol. The second-order valence-electron chi connectivity index (χ2n) is 6.02. The zero-order valence-corrected chi connectivity index (χ0v) is 13.0. The number of aliphatic hydroxyl groups is 1. The fourth-order valence-corrected chi connectivity index (χ4v) is 3.26. The molecule has 0 atom stereocenters. The van der Waals surface area contributed by atoms with E-state index in [9.17, 15) is 9.59 Å². The molecule has 1 N–H and O–H groups in total. The van der Waals surface area contributed by atoms with Crippen LogP contribution in [0.2, 0.25) is 0 Å². The van der Waals surface area contributed by atoms with Gasteiger partial charge < -0.3 is 14.9 Å². The lowest BCUT2D eigenvalue weighted by Gasteiger charge is -2.33. The van der Waals surface area contributed by atoms with Crippen molar-refractivity contribution in [1.29, 1.82) is 0 Å². The van der Waals surface area contributed by atoms with Gasteiger partial charge in [0.25, 0.3) is 0 Å². The Balaban J connectivity index is 1.82. The van der Waals surface area contributed by atoms with Crippen LogP contribution < -0.4 is 0 Å². The molecule has 2 fully saturated rings. The third kappa shape index (κ3) is 4.41. The largest absolute Gasteiger partial charge is 0.395 e. The summed E-state index contributed by atoms with van der Waals surface area (Å²) in [7, 11) is 0. The van der Waals surface area contributed by atoms with E-state index in [0.717, 1.165) is 45.4 Å². The Morgan fingerprint density at radius 3 is 2.33 bits per heavy atom. The molecule has 0 aliphatic carbocycles. The van der Waals surface area contributed by atoms with Crippen molar-refractivity contribution in [3.63, 3.8) is 0 Å². The number of rotatable bonds is 3. The minimum atomic E-state index is 0.0741. The Kier molecular flexibility index (Phi) is 5.99. The molecule has 120 valence electrons. The molecule has 0 aromatic heterocycles. The summed E-state index contributed by atoms with van der Waals surface area (Å²) in [6.45, 7) is 7.24. The van der Waals surface area contributed by atoms with Crippen molar-refractivity contribution >= 4 is 11.8 Å². The van der Waals surface area contributed by atoms with Crippen molar-refractivity contribution in [2.24, 2.45) is 5.92 Å². The fourth-order valence-electron chi connectivity index (χ4n) is 3.26. The molecule has 0 saturated carbocycles. The second-order valence-corrected chi connectivity index (χ2v) is 6.02.